The van der Waals surface area contributed by atoms with E-state index >= 15 is 0 Å². The van der Waals surface area contributed by atoms with Crippen molar-refractivity contribution in [3.05, 3.63) is 46.8 Å². The highest BCUT2D eigenvalue weighted by molar-refractivity contribution is 5.58. The van der Waals surface area contributed by atoms with Crippen LogP contribution in [-0.4, -0.2) is 22.6 Å². The molecule has 2 N–H and O–H groups in total. The van der Waals surface area contributed by atoms with Gasteiger partial charge in [-0.05, 0) is 44.7 Å². The van der Waals surface area contributed by atoms with Crippen molar-refractivity contribution in [2.45, 2.75) is 39.7 Å². The van der Waals surface area contributed by atoms with Crippen LogP contribution >= 0.6 is 0 Å². The van der Waals surface area contributed by atoms with Crippen LogP contribution in [0.25, 0.3) is 0 Å². The molecule has 1 aliphatic rings. The van der Waals surface area contributed by atoms with Crippen LogP contribution in [-0.2, 0) is 12.8 Å². The monoisotopic (exact) mass is 282 g/mol. The molecule has 0 amide bonds. The predicted molar refractivity (Wildman–Crippen MR) is 86.9 cm³/mol. The van der Waals surface area contributed by atoms with Crippen molar-refractivity contribution in [1.82, 2.24) is 9.97 Å². The number of benzene rings is 1. The summed E-state index contributed by atoms with van der Waals surface area (Å²) in [6.07, 6.45) is 2.13. The van der Waals surface area contributed by atoms with Gasteiger partial charge in [-0.3, -0.25) is 0 Å². The summed E-state index contributed by atoms with van der Waals surface area (Å²) in [6.45, 7) is 6.96. The highest BCUT2D eigenvalue weighted by Crippen LogP contribution is 2.26. The average molecular weight is 282 g/mol. The van der Waals surface area contributed by atoms with E-state index in [2.05, 4.69) is 58.7 Å². The average Bonchev–Trinajstić information content (AvgIpc) is 2.86. The normalized spacial score (nSPS) is 14.0. The molecule has 110 valence electrons. The van der Waals surface area contributed by atoms with E-state index < -0.39 is 0 Å². The molecule has 0 fully saturated rings. The molecular formula is C17H22N4. The Balaban J connectivity index is 1.80. The minimum Gasteiger partial charge on any atom is -0.370 e. The van der Waals surface area contributed by atoms with Gasteiger partial charge in [0, 0.05) is 18.2 Å². The number of rotatable bonds is 4. The second kappa shape index (κ2) is 5.72. The molecule has 0 atom stereocenters. The number of aryl methyl sites for hydroxylation is 1. The first kappa shape index (κ1) is 13.9. The van der Waals surface area contributed by atoms with Crippen LogP contribution in [0.4, 0.5) is 11.6 Å². The summed E-state index contributed by atoms with van der Waals surface area (Å²) in [6, 6.07) is 9.10. The molecule has 1 aliphatic carbocycles. The number of aromatic nitrogens is 2. The molecule has 1 heterocycles. The van der Waals surface area contributed by atoms with Gasteiger partial charge in [0.15, 0.2) is 0 Å². The molecular weight excluding hydrogens is 260 g/mol. The van der Waals surface area contributed by atoms with E-state index in [9.17, 15) is 0 Å². The molecule has 2 aromatic rings. The lowest BCUT2D eigenvalue weighted by Gasteiger charge is -2.17. The SMILES string of the molecule is CCNc1nc(C)nc(NC2Cc3ccccc3C2)c1C. The van der Waals surface area contributed by atoms with Crippen LogP contribution in [0.15, 0.2) is 24.3 Å². The summed E-state index contributed by atoms with van der Waals surface area (Å²) >= 11 is 0. The van der Waals surface area contributed by atoms with Gasteiger partial charge in [-0.2, -0.15) is 0 Å². The Morgan fingerprint density at radius 3 is 2.29 bits per heavy atom. The largest absolute Gasteiger partial charge is 0.370 e. The van der Waals surface area contributed by atoms with Crippen molar-refractivity contribution < 1.29 is 0 Å². The molecule has 4 nitrogen and oxygen atoms in total. The Bertz CT molecular complexity index is 626. The summed E-state index contributed by atoms with van der Waals surface area (Å²) in [5, 5.41) is 6.91. The molecule has 0 unspecified atom stereocenters. The highest BCUT2D eigenvalue weighted by atomic mass is 15.1. The summed E-state index contributed by atoms with van der Waals surface area (Å²) in [5.74, 6) is 2.69. The van der Waals surface area contributed by atoms with Gasteiger partial charge >= 0.3 is 0 Å². The lowest BCUT2D eigenvalue weighted by atomic mass is 10.1. The Kier molecular flexibility index (Phi) is 3.78. The highest BCUT2D eigenvalue weighted by Gasteiger charge is 2.22. The maximum absolute atomic E-state index is 4.58. The molecule has 1 aromatic carbocycles. The van der Waals surface area contributed by atoms with E-state index in [-0.39, 0.29) is 0 Å². The fourth-order valence-electron chi connectivity index (χ4n) is 2.96. The first-order valence-electron chi connectivity index (χ1n) is 7.59. The van der Waals surface area contributed by atoms with Gasteiger partial charge in [0.1, 0.15) is 17.5 Å². The van der Waals surface area contributed by atoms with E-state index in [1.54, 1.807) is 0 Å². The summed E-state index contributed by atoms with van der Waals surface area (Å²) < 4.78 is 0. The molecule has 0 aliphatic heterocycles. The third kappa shape index (κ3) is 2.84. The number of nitrogens with zero attached hydrogens (tertiary/aromatic N) is 2. The first-order valence-corrected chi connectivity index (χ1v) is 7.59. The summed E-state index contributed by atoms with van der Waals surface area (Å²) in [7, 11) is 0. The van der Waals surface area contributed by atoms with E-state index in [0.717, 1.165) is 42.4 Å². The molecule has 1 aromatic heterocycles. The summed E-state index contributed by atoms with van der Waals surface area (Å²) in [4.78, 5) is 9.05. The molecule has 0 spiro atoms. The van der Waals surface area contributed by atoms with Gasteiger partial charge in [-0.1, -0.05) is 24.3 Å². The third-order valence-corrected chi connectivity index (χ3v) is 3.99. The van der Waals surface area contributed by atoms with Crippen LogP contribution in [0.1, 0.15) is 29.4 Å². The molecule has 0 bridgehead atoms. The Morgan fingerprint density at radius 2 is 1.67 bits per heavy atom. The second-order valence-corrected chi connectivity index (χ2v) is 5.64. The quantitative estimate of drug-likeness (QED) is 0.904. The number of nitrogens with one attached hydrogen (secondary N) is 2. The Labute approximate surface area is 126 Å². The van der Waals surface area contributed by atoms with Crippen molar-refractivity contribution in [3.63, 3.8) is 0 Å². The molecule has 0 saturated carbocycles. The fourth-order valence-corrected chi connectivity index (χ4v) is 2.96. The number of hydrogen-bond donors (Lipinski definition) is 2. The van der Waals surface area contributed by atoms with Crippen molar-refractivity contribution >= 4 is 11.6 Å². The number of fused-ring (bicyclic) bond motifs is 1. The Hall–Kier alpha value is -2.10. The van der Waals surface area contributed by atoms with Crippen molar-refractivity contribution in [1.29, 1.82) is 0 Å². The van der Waals surface area contributed by atoms with E-state index in [1.165, 1.54) is 11.1 Å². The van der Waals surface area contributed by atoms with Crippen molar-refractivity contribution in [2.75, 3.05) is 17.2 Å². The number of hydrogen-bond acceptors (Lipinski definition) is 4. The fraction of sp³-hybridized carbons (Fsp3) is 0.412. The maximum atomic E-state index is 4.58. The van der Waals surface area contributed by atoms with Crippen molar-refractivity contribution in [3.8, 4) is 0 Å². The van der Waals surface area contributed by atoms with Gasteiger partial charge in [-0.25, -0.2) is 9.97 Å². The maximum Gasteiger partial charge on any atom is 0.135 e. The van der Waals surface area contributed by atoms with E-state index in [0.29, 0.717) is 6.04 Å². The van der Waals surface area contributed by atoms with Crippen LogP contribution in [0, 0.1) is 13.8 Å². The Morgan fingerprint density at radius 1 is 1.05 bits per heavy atom. The van der Waals surface area contributed by atoms with Gasteiger partial charge in [0.2, 0.25) is 0 Å². The van der Waals surface area contributed by atoms with Gasteiger partial charge in [0.25, 0.3) is 0 Å². The zero-order valence-electron chi connectivity index (χ0n) is 12.9. The van der Waals surface area contributed by atoms with Crippen LogP contribution < -0.4 is 10.6 Å². The van der Waals surface area contributed by atoms with Crippen LogP contribution in [0.5, 0.6) is 0 Å². The van der Waals surface area contributed by atoms with Crippen LogP contribution in [0.3, 0.4) is 0 Å². The zero-order valence-corrected chi connectivity index (χ0v) is 12.9. The third-order valence-electron chi connectivity index (χ3n) is 3.99. The lowest BCUT2D eigenvalue weighted by molar-refractivity contribution is 0.764. The molecule has 21 heavy (non-hydrogen) atoms. The summed E-state index contributed by atoms with van der Waals surface area (Å²) in [5.41, 5.74) is 3.99. The smallest absolute Gasteiger partial charge is 0.135 e. The van der Waals surface area contributed by atoms with E-state index in [1.807, 2.05) is 6.92 Å². The van der Waals surface area contributed by atoms with Crippen LogP contribution in [0.2, 0.25) is 0 Å². The molecule has 0 radical (unpaired) electrons. The molecule has 0 saturated heterocycles. The molecule has 3 rings (SSSR count). The molecule has 4 heteroatoms. The standard InChI is InChI=1S/C17H22N4/c1-4-18-16-11(2)17(20-12(3)19-16)21-15-9-13-7-5-6-8-14(13)10-15/h5-8,15H,4,9-10H2,1-3H3,(H2,18,19,20,21). The predicted octanol–water partition coefficient (Wildman–Crippen LogP) is 3.10. The topological polar surface area (TPSA) is 49.8 Å². The lowest BCUT2D eigenvalue weighted by Crippen LogP contribution is -2.22. The second-order valence-electron chi connectivity index (χ2n) is 5.64. The minimum atomic E-state index is 0.421. The minimum absolute atomic E-state index is 0.421. The first-order chi connectivity index (χ1) is 10.2. The van der Waals surface area contributed by atoms with Gasteiger partial charge in [0.05, 0.1) is 0 Å². The number of anilines is 2. The van der Waals surface area contributed by atoms with E-state index in [4.69, 9.17) is 0 Å². The van der Waals surface area contributed by atoms with Gasteiger partial charge < -0.3 is 10.6 Å². The van der Waals surface area contributed by atoms with Crippen molar-refractivity contribution in [2.24, 2.45) is 0 Å². The zero-order chi connectivity index (χ0) is 14.8. The van der Waals surface area contributed by atoms with Gasteiger partial charge in [-0.15, -0.1) is 0 Å².